The van der Waals surface area contributed by atoms with Gasteiger partial charge in [0.15, 0.2) is 5.82 Å². The number of nitrogen functional groups attached to an aromatic ring is 2. The first-order valence-electron chi connectivity index (χ1n) is 6.96. The van der Waals surface area contributed by atoms with Crippen molar-refractivity contribution in [3.05, 3.63) is 18.2 Å². The summed E-state index contributed by atoms with van der Waals surface area (Å²) in [4.78, 5) is 0. The van der Waals surface area contributed by atoms with E-state index < -0.39 is 0 Å². The van der Waals surface area contributed by atoms with Gasteiger partial charge in [-0.15, -0.1) is 5.10 Å². The molecule has 0 spiro atoms. The molecule has 108 valence electrons. The molecule has 0 aliphatic rings. The highest BCUT2D eigenvalue weighted by molar-refractivity contribution is 5.74. The average molecular weight is 274 g/mol. The predicted molar refractivity (Wildman–Crippen MR) is 80.9 cm³/mol. The van der Waals surface area contributed by atoms with Crippen LogP contribution in [0.2, 0.25) is 0 Å². The molecule has 0 radical (unpaired) electrons. The fourth-order valence-electron chi connectivity index (χ4n) is 2.30. The topological polar surface area (TPSA) is 95.6 Å². The van der Waals surface area contributed by atoms with Gasteiger partial charge in [-0.05, 0) is 47.9 Å². The van der Waals surface area contributed by atoms with E-state index >= 15 is 0 Å². The summed E-state index contributed by atoms with van der Waals surface area (Å²) in [5.74, 6) is 1.32. The van der Waals surface area contributed by atoms with Gasteiger partial charge in [0.1, 0.15) is 0 Å². The van der Waals surface area contributed by atoms with Crippen molar-refractivity contribution >= 4 is 11.4 Å². The lowest BCUT2D eigenvalue weighted by Crippen LogP contribution is -2.13. The molecule has 1 aromatic carbocycles. The molecule has 0 saturated heterocycles. The summed E-state index contributed by atoms with van der Waals surface area (Å²) in [6.07, 6.45) is 2.18. The number of rotatable bonds is 5. The predicted octanol–water partition coefficient (Wildman–Crippen LogP) is 2.50. The second-order valence-corrected chi connectivity index (χ2v) is 5.39. The Kier molecular flexibility index (Phi) is 4.22. The first kappa shape index (κ1) is 14.3. The van der Waals surface area contributed by atoms with E-state index in [1.165, 1.54) is 0 Å². The van der Waals surface area contributed by atoms with Crippen LogP contribution in [0, 0.1) is 5.92 Å². The van der Waals surface area contributed by atoms with E-state index in [2.05, 4.69) is 36.3 Å². The molecule has 2 aromatic rings. The zero-order chi connectivity index (χ0) is 14.7. The summed E-state index contributed by atoms with van der Waals surface area (Å²) in [5.41, 5.74) is 13.8. The lowest BCUT2D eigenvalue weighted by Gasteiger charge is -2.17. The van der Waals surface area contributed by atoms with Crippen LogP contribution in [-0.2, 0) is 0 Å². The van der Waals surface area contributed by atoms with E-state index in [1.54, 1.807) is 6.07 Å². The fourth-order valence-corrected chi connectivity index (χ4v) is 2.30. The van der Waals surface area contributed by atoms with E-state index in [1.807, 2.05) is 16.8 Å². The summed E-state index contributed by atoms with van der Waals surface area (Å²) in [5, 5.41) is 12.0. The maximum atomic E-state index is 6.02. The quantitative estimate of drug-likeness (QED) is 0.817. The molecular formula is C14H22N6. The molecule has 2 rings (SSSR count). The lowest BCUT2D eigenvalue weighted by molar-refractivity contribution is 0.371. The van der Waals surface area contributed by atoms with Crippen molar-refractivity contribution in [2.45, 2.75) is 39.7 Å². The summed E-state index contributed by atoms with van der Waals surface area (Å²) in [6.45, 7) is 6.55. The second kappa shape index (κ2) is 5.90. The van der Waals surface area contributed by atoms with Gasteiger partial charge in [0, 0.05) is 16.9 Å². The maximum absolute atomic E-state index is 6.02. The monoisotopic (exact) mass is 274 g/mol. The smallest absolute Gasteiger partial charge is 0.184 e. The van der Waals surface area contributed by atoms with Gasteiger partial charge in [0.2, 0.25) is 0 Å². The first-order chi connectivity index (χ1) is 9.52. The van der Waals surface area contributed by atoms with Crippen LogP contribution in [0.5, 0.6) is 0 Å². The van der Waals surface area contributed by atoms with Crippen molar-refractivity contribution in [2.75, 3.05) is 11.5 Å². The molecule has 6 heteroatoms. The van der Waals surface area contributed by atoms with Crippen LogP contribution < -0.4 is 11.5 Å². The largest absolute Gasteiger partial charge is 0.399 e. The second-order valence-electron chi connectivity index (χ2n) is 5.39. The SMILES string of the molecule is CCC(C)CC(C)n1nnnc1-c1ccc(N)cc1N. The van der Waals surface area contributed by atoms with Crippen LogP contribution in [0.25, 0.3) is 11.4 Å². The number of benzene rings is 1. The van der Waals surface area contributed by atoms with E-state index in [0.29, 0.717) is 23.1 Å². The molecule has 0 aliphatic heterocycles. The lowest BCUT2D eigenvalue weighted by atomic mass is 10.0. The number of aromatic nitrogens is 4. The van der Waals surface area contributed by atoms with Gasteiger partial charge < -0.3 is 11.5 Å². The zero-order valence-electron chi connectivity index (χ0n) is 12.2. The number of hydrogen-bond acceptors (Lipinski definition) is 5. The number of anilines is 2. The Labute approximate surface area is 119 Å². The number of tetrazole rings is 1. The van der Waals surface area contributed by atoms with E-state index in [4.69, 9.17) is 11.5 Å². The van der Waals surface area contributed by atoms with E-state index in [-0.39, 0.29) is 6.04 Å². The Bertz CT molecular complexity index is 577. The van der Waals surface area contributed by atoms with Gasteiger partial charge in [-0.25, -0.2) is 4.68 Å². The van der Waals surface area contributed by atoms with Gasteiger partial charge in [-0.1, -0.05) is 20.3 Å². The summed E-state index contributed by atoms with van der Waals surface area (Å²) in [6, 6.07) is 5.63. The van der Waals surface area contributed by atoms with Crippen molar-refractivity contribution in [1.82, 2.24) is 20.2 Å². The third-order valence-electron chi connectivity index (χ3n) is 3.67. The molecule has 0 amide bonds. The minimum absolute atomic E-state index is 0.229. The minimum atomic E-state index is 0.229. The Morgan fingerprint density at radius 3 is 2.65 bits per heavy atom. The van der Waals surface area contributed by atoms with E-state index in [9.17, 15) is 0 Å². The molecule has 4 N–H and O–H groups in total. The number of nitrogens with zero attached hydrogens (tertiary/aromatic N) is 4. The number of hydrogen-bond donors (Lipinski definition) is 2. The molecule has 0 fully saturated rings. The van der Waals surface area contributed by atoms with Gasteiger partial charge in [0.05, 0.1) is 6.04 Å². The summed E-state index contributed by atoms with van der Waals surface area (Å²) in [7, 11) is 0. The first-order valence-corrected chi connectivity index (χ1v) is 6.96. The molecule has 6 nitrogen and oxygen atoms in total. The van der Waals surface area contributed by atoms with Crippen LogP contribution >= 0.6 is 0 Å². The zero-order valence-corrected chi connectivity index (χ0v) is 12.2. The van der Waals surface area contributed by atoms with Crippen LogP contribution in [0.15, 0.2) is 18.2 Å². The molecule has 2 unspecified atom stereocenters. The molecular weight excluding hydrogens is 252 g/mol. The standard InChI is InChI=1S/C14H22N6/c1-4-9(2)7-10(3)20-14(17-18-19-20)12-6-5-11(15)8-13(12)16/h5-6,8-10H,4,7,15-16H2,1-3H3. The Morgan fingerprint density at radius 2 is 2.00 bits per heavy atom. The molecule has 0 bridgehead atoms. The normalized spacial score (nSPS) is 14.2. The molecule has 1 heterocycles. The maximum Gasteiger partial charge on any atom is 0.184 e. The van der Waals surface area contributed by atoms with Crippen molar-refractivity contribution in [2.24, 2.45) is 5.92 Å². The van der Waals surface area contributed by atoms with Crippen LogP contribution in [-0.4, -0.2) is 20.2 Å². The van der Waals surface area contributed by atoms with Crippen LogP contribution in [0.1, 0.15) is 39.7 Å². The van der Waals surface area contributed by atoms with Crippen molar-refractivity contribution in [3.63, 3.8) is 0 Å². The molecule has 2 atom stereocenters. The highest BCUT2D eigenvalue weighted by Gasteiger charge is 2.18. The average Bonchev–Trinajstić information content (AvgIpc) is 2.87. The third kappa shape index (κ3) is 2.89. The summed E-state index contributed by atoms with van der Waals surface area (Å²) >= 11 is 0. The Morgan fingerprint density at radius 1 is 1.25 bits per heavy atom. The van der Waals surface area contributed by atoms with Gasteiger partial charge >= 0.3 is 0 Å². The van der Waals surface area contributed by atoms with Gasteiger partial charge in [0.25, 0.3) is 0 Å². The highest BCUT2D eigenvalue weighted by atomic mass is 15.5. The number of nitrogens with two attached hydrogens (primary N) is 2. The van der Waals surface area contributed by atoms with Crippen molar-refractivity contribution in [1.29, 1.82) is 0 Å². The van der Waals surface area contributed by atoms with Gasteiger partial charge in [-0.3, -0.25) is 0 Å². The molecule has 0 aliphatic carbocycles. The summed E-state index contributed by atoms with van der Waals surface area (Å²) < 4.78 is 1.84. The van der Waals surface area contributed by atoms with Crippen molar-refractivity contribution in [3.8, 4) is 11.4 Å². The Hall–Kier alpha value is -2.11. The molecule has 20 heavy (non-hydrogen) atoms. The highest BCUT2D eigenvalue weighted by Crippen LogP contribution is 2.28. The van der Waals surface area contributed by atoms with Crippen LogP contribution in [0.3, 0.4) is 0 Å². The minimum Gasteiger partial charge on any atom is -0.399 e. The van der Waals surface area contributed by atoms with Crippen LogP contribution in [0.4, 0.5) is 11.4 Å². The third-order valence-corrected chi connectivity index (χ3v) is 3.67. The van der Waals surface area contributed by atoms with E-state index in [0.717, 1.165) is 18.4 Å². The van der Waals surface area contributed by atoms with Crippen molar-refractivity contribution < 1.29 is 0 Å². The van der Waals surface area contributed by atoms with Gasteiger partial charge in [-0.2, -0.15) is 0 Å². The fraction of sp³-hybridized carbons (Fsp3) is 0.500. The molecule has 0 saturated carbocycles. The Balaban J connectivity index is 2.32. The molecule has 1 aromatic heterocycles.